The average Bonchev–Trinajstić information content (AvgIpc) is 3.01. The smallest absolute Gasteiger partial charge is 0.206 e. The van der Waals surface area contributed by atoms with Gasteiger partial charge in [-0.2, -0.15) is 5.21 Å². The first-order valence-electron chi connectivity index (χ1n) is 6.03. The topological polar surface area (TPSA) is 71.5 Å². The summed E-state index contributed by atoms with van der Waals surface area (Å²) < 4.78 is 1.85. The maximum Gasteiger partial charge on any atom is 0.206 e. The molecule has 0 saturated carbocycles. The Morgan fingerprint density at radius 1 is 1.00 bits per heavy atom. The number of nitrogens with zero attached hydrogens (tertiary/aromatic N) is 3. The molecule has 0 unspecified atom stereocenters. The van der Waals surface area contributed by atoms with Gasteiger partial charge in [-0.15, -0.1) is 21.5 Å². The van der Waals surface area contributed by atoms with Crippen molar-refractivity contribution in [1.29, 1.82) is 0 Å². The van der Waals surface area contributed by atoms with Crippen LogP contribution >= 0.6 is 11.3 Å². The Bertz CT molecular complexity index is 975. The van der Waals surface area contributed by atoms with Crippen molar-refractivity contribution in [3.05, 3.63) is 52.7 Å². The Labute approximate surface area is 116 Å². The maximum atomic E-state index is 12.6. The largest absolute Gasteiger partial charge is 0.289 e. The average molecular weight is 280 g/mol. The van der Waals surface area contributed by atoms with E-state index < -0.39 is 0 Å². The molecule has 0 aliphatic carbocycles. The van der Waals surface area contributed by atoms with Crippen molar-refractivity contribution in [2.45, 2.75) is 0 Å². The number of tetrazole rings is 1. The molecule has 0 spiro atoms. The van der Waals surface area contributed by atoms with Gasteiger partial charge in [-0.05, 0) is 29.5 Å². The molecule has 0 fully saturated rings. The highest BCUT2D eigenvalue weighted by molar-refractivity contribution is 7.25. The van der Waals surface area contributed by atoms with Crippen molar-refractivity contribution >= 4 is 31.5 Å². The fraction of sp³-hybridized carbons (Fsp3) is 0. The summed E-state index contributed by atoms with van der Waals surface area (Å²) in [6.07, 6.45) is 0. The van der Waals surface area contributed by atoms with Crippen molar-refractivity contribution in [3.63, 3.8) is 0 Å². The highest BCUT2D eigenvalue weighted by Crippen LogP contribution is 2.31. The number of fused-ring (bicyclic) bond motifs is 2. The number of rotatable bonds is 1. The second-order valence-corrected chi connectivity index (χ2v) is 5.40. The second kappa shape index (κ2) is 4.21. The van der Waals surface area contributed by atoms with E-state index in [1.807, 2.05) is 42.5 Å². The Morgan fingerprint density at radius 3 is 2.70 bits per heavy atom. The zero-order chi connectivity index (χ0) is 13.5. The SMILES string of the molecule is O=c1c2ccccc2sc2c(-c3nn[nH]n3)cccc12. The number of aromatic amines is 1. The van der Waals surface area contributed by atoms with E-state index in [0.717, 1.165) is 20.3 Å². The van der Waals surface area contributed by atoms with Crippen LogP contribution < -0.4 is 5.43 Å². The molecular formula is C14H8N4OS. The molecule has 0 aliphatic heterocycles. The van der Waals surface area contributed by atoms with E-state index >= 15 is 0 Å². The van der Waals surface area contributed by atoms with Crippen molar-refractivity contribution in [3.8, 4) is 11.4 Å². The number of aromatic nitrogens is 4. The Morgan fingerprint density at radius 2 is 1.85 bits per heavy atom. The molecule has 0 atom stereocenters. The Hall–Kier alpha value is -2.60. The summed E-state index contributed by atoms with van der Waals surface area (Å²) in [7, 11) is 0. The van der Waals surface area contributed by atoms with E-state index in [4.69, 9.17) is 0 Å². The predicted molar refractivity (Wildman–Crippen MR) is 78.8 cm³/mol. The molecule has 1 N–H and O–H groups in total. The third kappa shape index (κ3) is 1.55. The van der Waals surface area contributed by atoms with E-state index in [1.165, 1.54) is 0 Å². The van der Waals surface area contributed by atoms with Crippen LogP contribution in [0.4, 0.5) is 0 Å². The van der Waals surface area contributed by atoms with Gasteiger partial charge in [0.15, 0.2) is 5.43 Å². The van der Waals surface area contributed by atoms with Gasteiger partial charge >= 0.3 is 0 Å². The van der Waals surface area contributed by atoms with Crippen LogP contribution in [0.2, 0.25) is 0 Å². The summed E-state index contributed by atoms with van der Waals surface area (Å²) in [5.74, 6) is 0.501. The summed E-state index contributed by atoms with van der Waals surface area (Å²) >= 11 is 1.57. The van der Waals surface area contributed by atoms with Crippen molar-refractivity contribution in [1.82, 2.24) is 20.6 Å². The molecule has 0 saturated heterocycles. The van der Waals surface area contributed by atoms with E-state index in [-0.39, 0.29) is 5.43 Å². The summed E-state index contributed by atoms with van der Waals surface area (Å²) in [5, 5.41) is 15.5. The summed E-state index contributed by atoms with van der Waals surface area (Å²) in [4.78, 5) is 12.6. The van der Waals surface area contributed by atoms with Gasteiger partial charge in [-0.3, -0.25) is 4.79 Å². The molecule has 4 aromatic rings. The van der Waals surface area contributed by atoms with E-state index in [2.05, 4.69) is 20.6 Å². The fourth-order valence-corrected chi connectivity index (χ4v) is 3.45. The lowest BCUT2D eigenvalue weighted by atomic mass is 10.1. The highest BCUT2D eigenvalue weighted by atomic mass is 32.1. The van der Waals surface area contributed by atoms with E-state index in [0.29, 0.717) is 11.2 Å². The second-order valence-electron chi connectivity index (χ2n) is 4.35. The zero-order valence-corrected chi connectivity index (χ0v) is 11.0. The monoisotopic (exact) mass is 280 g/mol. The van der Waals surface area contributed by atoms with Gasteiger partial charge in [0.1, 0.15) is 0 Å². The third-order valence-corrected chi connectivity index (χ3v) is 4.41. The third-order valence-electron chi connectivity index (χ3n) is 3.19. The Balaban J connectivity index is 2.21. The van der Waals surface area contributed by atoms with Crippen molar-refractivity contribution in [2.24, 2.45) is 0 Å². The van der Waals surface area contributed by atoms with Crippen LogP contribution in [0.5, 0.6) is 0 Å². The number of hydrogen-bond donors (Lipinski definition) is 1. The maximum absolute atomic E-state index is 12.6. The van der Waals surface area contributed by atoms with Crippen LogP contribution in [0.25, 0.3) is 31.6 Å². The number of H-pyrrole nitrogens is 1. The molecule has 2 aromatic carbocycles. The summed E-state index contributed by atoms with van der Waals surface area (Å²) in [6.45, 7) is 0. The standard InChI is InChI=1S/C14H8N4OS/c19-12-8-4-1-2-7-11(8)20-13-9(12)5-3-6-10(13)14-15-17-18-16-14/h1-7H,(H,15,16,17,18). The highest BCUT2D eigenvalue weighted by Gasteiger charge is 2.12. The van der Waals surface area contributed by atoms with Gasteiger partial charge in [0.2, 0.25) is 5.82 Å². The minimum atomic E-state index is 0.0414. The van der Waals surface area contributed by atoms with Gasteiger partial charge in [-0.25, -0.2) is 0 Å². The quantitative estimate of drug-likeness (QED) is 0.544. The van der Waals surface area contributed by atoms with Gasteiger partial charge in [0.05, 0.1) is 0 Å². The molecule has 2 aromatic heterocycles. The fourth-order valence-electron chi connectivity index (χ4n) is 2.28. The van der Waals surface area contributed by atoms with Crippen molar-refractivity contribution < 1.29 is 0 Å². The minimum absolute atomic E-state index is 0.0414. The first-order chi connectivity index (χ1) is 9.84. The van der Waals surface area contributed by atoms with Gasteiger partial charge in [0.25, 0.3) is 0 Å². The van der Waals surface area contributed by atoms with Crippen LogP contribution in [-0.2, 0) is 0 Å². The number of benzene rings is 2. The zero-order valence-electron chi connectivity index (χ0n) is 10.2. The van der Waals surface area contributed by atoms with Gasteiger partial charge < -0.3 is 0 Å². The number of nitrogens with one attached hydrogen (secondary N) is 1. The molecule has 0 bridgehead atoms. The van der Waals surface area contributed by atoms with Crippen LogP contribution in [0.15, 0.2) is 47.3 Å². The molecule has 96 valence electrons. The summed E-state index contributed by atoms with van der Waals surface area (Å²) in [6, 6.07) is 13.2. The molecule has 0 aliphatic rings. The molecular weight excluding hydrogens is 272 g/mol. The molecule has 0 amide bonds. The van der Waals surface area contributed by atoms with E-state index in [9.17, 15) is 4.79 Å². The minimum Gasteiger partial charge on any atom is -0.289 e. The van der Waals surface area contributed by atoms with E-state index in [1.54, 1.807) is 11.3 Å². The predicted octanol–water partition coefficient (Wildman–Crippen LogP) is 2.59. The van der Waals surface area contributed by atoms with Crippen molar-refractivity contribution in [2.75, 3.05) is 0 Å². The first-order valence-corrected chi connectivity index (χ1v) is 6.84. The molecule has 2 heterocycles. The normalized spacial score (nSPS) is 11.2. The summed E-state index contributed by atoms with van der Waals surface area (Å²) in [5.41, 5.74) is 0.865. The van der Waals surface area contributed by atoms with Crippen LogP contribution in [0.1, 0.15) is 0 Å². The molecule has 20 heavy (non-hydrogen) atoms. The number of hydrogen-bond acceptors (Lipinski definition) is 5. The lowest BCUT2D eigenvalue weighted by Crippen LogP contribution is -2.01. The van der Waals surface area contributed by atoms with Crippen LogP contribution in [-0.4, -0.2) is 20.6 Å². The molecule has 0 radical (unpaired) electrons. The van der Waals surface area contributed by atoms with Crippen LogP contribution in [0, 0.1) is 0 Å². The lowest BCUT2D eigenvalue weighted by molar-refractivity contribution is 0.881. The molecule has 4 rings (SSSR count). The van der Waals surface area contributed by atoms with Gasteiger partial charge in [-0.1, -0.05) is 18.2 Å². The molecule has 6 heteroatoms. The lowest BCUT2D eigenvalue weighted by Gasteiger charge is -2.03. The first kappa shape index (κ1) is 11.2. The van der Waals surface area contributed by atoms with Crippen LogP contribution in [0.3, 0.4) is 0 Å². The van der Waals surface area contributed by atoms with Gasteiger partial charge in [0, 0.05) is 25.7 Å². The molecule has 5 nitrogen and oxygen atoms in total. The Kier molecular flexibility index (Phi) is 2.37.